The fourth-order valence-corrected chi connectivity index (χ4v) is 1.43. The second kappa shape index (κ2) is 4.44. The summed E-state index contributed by atoms with van der Waals surface area (Å²) in [4.78, 5) is 10.5. The average Bonchev–Trinajstić information content (AvgIpc) is 2.10. The number of ether oxygens (including phenoxy) is 1. The van der Waals surface area contributed by atoms with Gasteiger partial charge in [0.1, 0.15) is 0 Å². The largest absolute Gasteiger partial charge is 0.573 e. The van der Waals surface area contributed by atoms with Gasteiger partial charge in [-0.25, -0.2) is 9.18 Å². The van der Waals surface area contributed by atoms with E-state index in [0.717, 1.165) is 12.1 Å². The maximum Gasteiger partial charge on any atom is 0.573 e. The molecule has 0 fully saturated rings. The lowest BCUT2D eigenvalue weighted by Gasteiger charge is -2.12. The molecule has 0 aliphatic heterocycles. The van der Waals surface area contributed by atoms with Crippen molar-refractivity contribution in [3.8, 4) is 5.75 Å². The Labute approximate surface area is 100 Å². The van der Waals surface area contributed by atoms with Gasteiger partial charge in [-0.1, -0.05) is 0 Å². The predicted octanol–water partition coefficient (Wildman–Crippen LogP) is 3.03. The van der Waals surface area contributed by atoms with Gasteiger partial charge in [0.2, 0.25) is 0 Å². The number of hydrogen-bond donors (Lipinski definition) is 1. The van der Waals surface area contributed by atoms with E-state index in [1.54, 1.807) is 0 Å². The molecule has 0 bridgehead atoms. The van der Waals surface area contributed by atoms with Gasteiger partial charge >= 0.3 is 12.3 Å². The van der Waals surface area contributed by atoms with Crippen LogP contribution >= 0.6 is 22.6 Å². The van der Waals surface area contributed by atoms with Gasteiger partial charge < -0.3 is 9.84 Å². The third-order valence-corrected chi connectivity index (χ3v) is 2.35. The number of rotatable bonds is 2. The lowest BCUT2D eigenvalue weighted by Crippen LogP contribution is -2.19. The molecule has 0 unspecified atom stereocenters. The predicted molar refractivity (Wildman–Crippen MR) is 52.8 cm³/mol. The number of carboxylic acid groups (broad SMARTS) is 1. The van der Waals surface area contributed by atoms with Crippen LogP contribution in [0.3, 0.4) is 0 Å². The van der Waals surface area contributed by atoms with E-state index in [2.05, 4.69) is 4.74 Å². The van der Waals surface area contributed by atoms with Crippen LogP contribution in [0, 0.1) is 9.39 Å². The van der Waals surface area contributed by atoms with Gasteiger partial charge in [0.25, 0.3) is 0 Å². The third-order valence-electron chi connectivity index (χ3n) is 1.50. The summed E-state index contributed by atoms with van der Waals surface area (Å²) in [6.45, 7) is 0. The van der Waals surface area contributed by atoms with Crippen molar-refractivity contribution < 1.29 is 32.2 Å². The highest BCUT2D eigenvalue weighted by molar-refractivity contribution is 14.1. The lowest BCUT2D eigenvalue weighted by atomic mass is 10.2. The van der Waals surface area contributed by atoms with Crippen molar-refractivity contribution in [3.63, 3.8) is 0 Å². The van der Waals surface area contributed by atoms with Gasteiger partial charge in [-0.2, -0.15) is 0 Å². The van der Waals surface area contributed by atoms with E-state index in [9.17, 15) is 22.4 Å². The molecule has 1 aromatic carbocycles. The summed E-state index contributed by atoms with van der Waals surface area (Å²) in [5.41, 5.74) is -0.875. The van der Waals surface area contributed by atoms with Crippen LogP contribution < -0.4 is 4.74 Å². The number of carbonyl (C=O) groups is 1. The van der Waals surface area contributed by atoms with E-state index in [0.29, 0.717) is 0 Å². The molecule has 1 rings (SSSR count). The first-order chi connectivity index (χ1) is 7.22. The summed E-state index contributed by atoms with van der Waals surface area (Å²) in [6.07, 6.45) is -5.07. The zero-order chi connectivity index (χ0) is 12.5. The first-order valence-electron chi connectivity index (χ1n) is 3.69. The van der Waals surface area contributed by atoms with E-state index in [4.69, 9.17) is 5.11 Å². The van der Waals surface area contributed by atoms with Gasteiger partial charge in [0.05, 0.1) is 9.13 Å². The first kappa shape index (κ1) is 13.0. The standard InChI is InChI=1S/C8H3F4IO3/c9-5-3(7(14)15)1-2-4(13)6(5)16-8(10,11)12/h1-2H,(H,14,15). The molecule has 0 aliphatic rings. The summed E-state index contributed by atoms with van der Waals surface area (Å²) < 4.78 is 52.2. The van der Waals surface area contributed by atoms with Crippen LogP contribution in [0.1, 0.15) is 10.4 Å². The molecule has 88 valence electrons. The molecule has 0 aromatic heterocycles. The zero-order valence-corrected chi connectivity index (χ0v) is 9.47. The fourth-order valence-electron chi connectivity index (χ4n) is 0.907. The second-order valence-electron chi connectivity index (χ2n) is 2.59. The Bertz CT molecular complexity index is 430. The Kier molecular flexibility index (Phi) is 3.61. The molecule has 1 N–H and O–H groups in total. The van der Waals surface area contributed by atoms with Crippen LogP contribution in [0.2, 0.25) is 0 Å². The first-order valence-corrected chi connectivity index (χ1v) is 4.77. The lowest BCUT2D eigenvalue weighted by molar-refractivity contribution is -0.276. The summed E-state index contributed by atoms with van der Waals surface area (Å²) >= 11 is 1.41. The van der Waals surface area contributed by atoms with E-state index >= 15 is 0 Å². The summed E-state index contributed by atoms with van der Waals surface area (Å²) in [5.74, 6) is -4.34. The minimum absolute atomic E-state index is 0.169. The van der Waals surface area contributed by atoms with Crippen LogP contribution in [0.5, 0.6) is 5.75 Å². The molecule has 3 nitrogen and oxygen atoms in total. The van der Waals surface area contributed by atoms with E-state index in [1.165, 1.54) is 22.6 Å². The van der Waals surface area contributed by atoms with Crippen molar-refractivity contribution in [2.75, 3.05) is 0 Å². The number of halogens is 5. The van der Waals surface area contributed by atoms with Gasteiger partial charge in [0, 0.05) is 0 Å². The Morgan fingerprint density at radius 2 is 1.94 bits per heavy atom. The Morgan fingerprint density at radius 3 is 2.38 bits per heavy atom. The second-order valence-corrected chi connectivity index (χ2v) is 3.75. The maximum absolute atomic E-state index is 13.3. The van der Waals surface area contributed by atoms with Crippen LogP contribution in [-0.4, -0.2) is 17.4 Å². The summed E-state index contributed by atoms with van der Waals surface area (Å²) in [7, 11) is 0. The van der Waals surface area contributed by atoms with Gasteiger partial charge in [0.15, 0.2) is 11.6 Å². The molecule has 16 heavy (non-hydrogen) atoms. The molecular formula is C8H3F4IO3. The molecule has 0 atom stereocenters. The molecule has 8 heteroatoms. The van der Waals surface area contributed by atoms with Gasteiger partial charge in [-0.15, -0.1) is 13.2 Å². The molecule has 1 aromatic rings. The average molecular weight is 350 g/mol. The number of hydrogen-bond acceptors (Lipinski definition) is 2. The monoisotopic (exact) mass is 350 g/mol. The molecule has 0 radical (unpaired) electrons. The highest BCUT2D eigenvalue weighted by atomic mass is 127. The quantitative estimate of drug-likeness (QED) is 0.659. The topological polar surface area (TPSA) is 46.5 Å². The number of benzene rings is 1. The van der Waals surface area contributed by atoms with E-state index < -0.39 is 29.5 Å². The normalized spacial score (nSPS) is 11.3. The molecule has 0 amide bonds. The zero-order valence-electron chi connectivity index (χ0n) is 7.31. The minimum atomic E-state index is -5.07. The molecule has 0 saturated carbocycles. The number of carboxylic acids is 1. The van der Waals surface area contributed by atoms with Gasteiger partial charge in [-0.05, 0) is 34.7 Å². The molecule has 0 heterocycles. The van der Waals surface area contributed by atoms with Crippen molar-refractivity contribution in [1.82, 2.24) is 0 Å². The highest BCUT2D eigenvalue weighted by Crippen LogP contribution is 2.32. The highest BCUT2D eigenvalue weighted by Gasteiger charge is 2.34. The maximum atomic E-state index is 13.3. The van der Waals surface area contributed by atoms with Crippen molar-refractivity contribution in [3.05, 3.63) is 27.1 Å². The Morgan fingerprint density at radius 1 is 1.38 bits per heavy atom. The Balaban J connectivity index is 3.27. The van der Waals surface area contributed by atoms with Crippen LogP contribution in [0.15, 0.2) is 12.1 Å². The number of alkyl halides is 3. The van der Waals surface area contributed by atoms with E-state index in [1.807, 2.05) is 0 Å². The smallest absolute Gasteiger partial charge is 0.478 e. The fraction of sp³-hybridized carbons (Fsp3) is 0.125. The Hall–Kier alpha value is -1.06. The SMILES string of the molecule is O=C(O)c1ccc(I)c(OC(F)(F)F)c1F. The summed E-state index contributed by atoms with van der Waals surface area (Å²) in [5, 5.41) is 8.50. The van der Waals surface area contributed by atoms with Crippen LogP contribution in [0.4, 0.5) is 17.6 Å². The van der Waals surface area contributed by atoms with Crippen LogP contribution in [0.25, 0.3) is 0 Å². The van der Waals surface area contributed by atoms with Crippen molar-refractivity contribution in [1.29, 1.82) is 0 Å². The molecular weight excluding hydrogens is 347 g/mol. The molecule has 0 spiro atoms. The summed E-state index contributed by atoms with van der Waals surface area (Å²) in [6, 6.07) is 1.89. The van der Waals surface area contributed by atoms with Crippen molar-refractivity contribution in [2.24, 2.45) is 0 Å². The number of aromatic carboxylic acids is 1. The van der Waals surface area contributed by atoms with Gasteiger partial charge in [-0.3, -0.25) is 0 Å². The van der Waals surface area contributed by atoms with E-state index in [-0.39, 0.29) is 3.57 Å². The van der Waals surface area contributed by atoms with Crippen LogP contribution in [-0.2, 0) is 0 Å². The molecule has 0 saturated heterocycles. The van der Waals surface area contributed by atoms with Crippen molar-refractivity contribution >= 4 is 28.6 Å². The minimum Gasteiger partial charge on any atom is -0.478 e. The molecule has 0 aliphatic carbocycles. The third kappa shape index (κ3) is 2.97. The van der Waals surface area contributed by atoms with Crippen molar-refractivity contribution in [2.45, 2.75) is 6.36 Å².